The second kappa shape index (κ2) is 8.68. The molecule has 1 saturated heterocycles. The zero-order valence-corrected chi connectivity index (χ0v) is 16.3. The van der Waals surface area contributed by atoms with Gasteiger partial charge in [0.25, 0.3) is 5.69 Å². The van der Waals surface area contributed by atoms with Gasteiger partial charge in [-0.25, -0.2) is 13.1 Å². The van der Waals surface area contributed by atoms with Gasteiger partial charge in [0.15, 0.2) is 0 Å². The zero-order chi connectivity index (χ0) is 20.1. The monoisotopic (exact) mass is 405 g/mol. The minimum Gasteiger partial charge on any atom is -0.494 e. The molecular weight excluding hydrogens is 382 g/mol. The van der Waals surface area contributed by atoms with Crippen molar-refractivity contribution < 1.29 is 18.1 Å². The fourth-order valence-corrected chi connectivity index (χ4v) is 4.65. The Morgan fingerprint density at radius 3 is 2.46 bits per heavy atom. The Hall–Kier alpha value is -2.49. The summed E-state index contributed by atoms with van der Waals surface area (Å²) in [6, 6.07) is 12.3. The highest BCUT2D eigenvalue weighted by Gasteiger charge is 2.30. The van der Waals surface area contributed by atoms with Crippen LogP contribution in [0.3, 0.4) is 0 Å². The number of hydrogen-bond acceptors (Lipinski definition) is 6. The predicted octanol–water partition coefficient (Wildman–Crippen LogP) is 2.42. The summed E-state index contributed by atoms with van der Waals surface area (Å²) in [5, 5.41) is 14.0. The number of rotatable bonds is 7. The Labute approximate surface area is 164 Å². The minimum atomic E-state index is -3.80. The first kappa shape index (κ1) is 20.2. The lowest BCUT2D eigenvalue weighted by Crippen LogP contribution is -2.49. The minimum absolute atomic E-state index is 0.00844. The molecule has 0 aliphatic carbocycles. The van der Waals surface area contributed by atoms with Crippen molar-refractivity contribution in [3.05, 3.63) is 64.2 Å². The van der Waals surface area contributed by atoms with Gasteiger partial charge >= 0.3 is 0 Å². The Morgan fingerprint density at radius 1 is 1.18 bits per heavy atom. The SMILES string of the molecule is CCOc1ccc([C@@H]2CCNC[C@@H]2NS(=O)(=O)c2ccc([N+](=O)[O-])cc2)cc1. The van der Waals surface area contributed by atoms with Crippen LogP contribution in [-0.4, -0.2) is 39.1 Å². The lowest BCUT2D eigenvalue weighted by atomic mass is 9.86. The van der Waals surface area contributed by atoms with Gasteiger partial charge in [-0.2, -0.15) is 0 Å². The van der Waals surface area contributed by atoms with Crippen molar-refractivity contribution in [1.29, 1.82) is 0 Å². The molecule has 1 aliphatic heterocycles. The molecule has 1 aliphatic rings. The van der Waals surface area contributed by atoms with Crippen molar-refractivity contribution in [2.24, 2.45) is 0 Å². The molecule has 28 heavy (non-hydrogen) atoms. The third-order valence-electron chi connectivity index (χ3n) is 4.77. The summed E-state index contributed by atoms with van der Waals surface area (Å²) in [5.74, 6) is 0.799. The van der Waals surface area contributed by atoms with Gasteiger partial charge in [-0.3, -0.25) is 10.1 Å². The van der Waals surface area contributed by atoms with Crippen molar-refractivity contribution >= 4 is 15.7 Å². The molecule has 0 aromatic heterocycles. The molecule has 0 spiro atoms. The van der Waals surface area contributed by atoms with Crippen LogP contribution >= 0.6 is 0 Å². The zero-order valence-electron chi connectivity index (χ0n) is 15.5. The van der Waals surface area contributed by atoms with Crippen molar-refractivity contribution in [3.8, 4) is 5.75 Å². The van der Waals surface area contributed by atoms with Gasteiger partial charge in [0.2, 0.25) is 10.0 Å². The van der Waals surface area contributed by atoms with Crippen molar-refractivity contribution in [2.45, 2.75) is 30.2 Å². The molecule has 0 saturated carbocycles. The van der Waals surface area contributed by atoms with Crippen molar-refractivity contribution in [3.63, 3.8) is 0 Å². The van der Waals surface area contributed by atoms with Crippen LogP contribution in [-0.2, 0) is 10.0 Å². The normalized spacial score (nSPS) is 19.9. The van der Waals surface area contributed by atoms with E-state index in [1.54, 1.807) is 0 Å². The van der Waals surface area contributed by atoms with Crippen LogP contribution in [0.15, 0.2) is 53.4 Å². The fourth-order valence-electron chi connectivity index (χ4n) is 3.37. The summed E-state index contributed by atoms with van der Waals surface area (Å²) in [5.41, 5.74) is 0.895. The van der Waals surface area contributed by atoms with Gasteiger partial charge in [0, 0.05) is 30.6 Å². The molecule has 0 bridgehead atoms. The quantitative estimate of drug-likeness (QED) is 0.541. The highest BCUT2D eigenvalue weighted by molar-refractivity contribution is 7.89. The number of nitrogens with one attached hydrogen (secondary N) is 2. The summed E-state index contributed by atoms with van der Waals surface area (Å²) < 4.78 is 33.8. The lowest BCUT2D eigenvalue weighted by molar-refractivity contribution is -0.384. The Morgan fingerprint density at radius 2 is 1.86 bits per heavy atom. The molecule has 0 unspecified atom stereocenters. The molecule has 1 heterocycles. The molecule has 3 rings (SSSR count). The molecule has 9 heteroatoms. The summed E-state index contributed by atoms with van der Waals surface area (Å²) in [6.07, 6.45) is 0.793. The smallest absolute Gasteiger partial charge is 0.269 e. The van der Waals surface area contributed by atoms with Gasteiger partial charge in [-0.05, 0) is 49.7 Å². The molecular formula is C19H23N3O5S. The number of nitro groups is 1. The molecule has 0 radical (unpaired) electrons. The highest BCUT2D eigenvalue weighted by atomic mass is 32.2. The number of piperidine rings is 1. The van der Waals surface area contributed by atoms with Crippen LogP contribution in [0.25, 0.3) is 0 Å². The van der Waals surface area contributed by atoms with E-state index in [0.29, 0.717) is 13.2 Å². The molecule has 2 atom stereocenters. The van der Waals surface area contributed by atoms with Crippen molar-refractivity contribution in [2.75, 3.05) is 19.7 Å². The second-order valence-corrected chi connectivity index (χ2v) is 8.29. The Balaban J connectivity index is 1.78. The first-order valence-corrected chi connectivity index (χ1v) is 10.6. The van der Waals surface area contributed by atoms with E-state index in [4.69, 9.17) is 4.74 Å². The van der Waals surface area contributed by atoms with Gasteiger partial charge in [0.1, 0.15) is 5.75 Å². The van der Waals surface area contributed by atoms with E-state index in [1.807, 2.05) is 31.2 Å². The molecule has 2 aromatic rings. The highest BCUT2D eigenvalue weighted by Crippen LogP contribution is 2.28. The average Bonchev–Trinajstić information content (AvgIpc) is 2.69. The standard InChI is InChI=1S/C19H23N3O5S/c1-2-27-16-7-3-14(4-8-16)18-11-12-20-13-19(18)21-28(25,26)17-9-5-15(6-10-17)22(23)24/h3-10,18-21H,2,11-13H2,1H3/t18-,19-/m0/s1. The largest absolute Gasteiger partial charge is 0.494 e. The second-order valence-electron chi connectivity index (χ2n) is 6.58. The molecule has 8 nitrogen and oxygen atoms in total. The Bertz CT molecular complexity index is 914. The van der Waals surface area contributed by atoms with E-state index < -0.39 is 14.9 Å². The summed E-state index contributed by atoms with van der Waals surface area (Å²) >= 11 is 0. The van der Waals surface area contributed by atoms with E-state index in [1.165, 1.54) is 24.3 Å². The maximum atomic E-state index is 12.8. The third kappa shape index (κ3) is 4.67. The van der Waals surface area contributed by atoms with E-state index in [0.717, 1.165) is 24.3 Å². The number of sulfonamides is 1. The van der Waals surface area contributed by atoms with Crippen LogP contribution in [0.1, 0.15) is 24.8 Å². The van der Waals surface area contributed by atoms with Crippen LogP contribution < -0.4 is 14.8 Å². The topological polar surface area (TPSA) is 111 Å². The number of non-ortho nitro benzene ring substituents is 1. The molecule has 0 amide bonds. The average molecular weight is 405 g/mol. The number of nitro benzene ring substituents is 1. The summed E-state index contributed by atoms with van der Waals surface area (Å²) in [4.78, 5) is 10.2. The predicted molar refractivity (Wildman–Crippen MR) is 105 cm³/mol. The molecule has 150 valence electrons. The first-order chi connectivity index (χ1) is 13.4. The van der Waals surface area contributed by atoms with Gasteiger partial charge in [0.05, 0.1) is 16.4 Å². The van der Waals surface area contributed by atoms with Crippen LogP contribution in [0, 0.1) is 10.1 Å². The first-order valence-electron chi connectivity index (χ1n) is 9.11. The van der Waals surface area contributed by atoms with Crippen LogP contribution in [0.5, 0.6) is 5.75 Å². The molecule has 2 N–H and O–H groups in total. The summed E-state index contributed by atoms with van der Waals surface area (Å²) in [7, 11) is -3.80. The van der Waals surface area contributed by atoms with Gasteiger partial charge in [-0.15, -0.1) is 0 Å². The van der Waals surface area contributed by atoms with E-state index in [-0.39, 0.29) is 22.5 Å². The maximum Gasteiger partial charge on any atom is 0.269 e. The maximum absolute atomic E-state index is 12.8. The number of nitrogens with zero attached hydrogens (tertiary/aromatic N) is 1. The molecule has 1 fully saturated rings. The van der Waals surface area contributed by atoms with Gasteiger partial charge in [-0.1, -0.05) is 12.1 Å². The summed E-state index contributed by atoms with van der Waals surface area (Å²) in [6.45, 7) is 3.81. The molecule has 2 aromatic carbocycles. The fraction of sp³-hybridized carbons (Fsp3) is 0.368. The van der Waals surface area contributed by atoms with Crippen molar-refractivity contribution in [1.82, 2.24) is 10.0 Å². The van der Waals surface area contributed by atoms with E-state index in [2.05, 4.69) is 10.0 Å². The lowest BCUT2D eigenvalue weighted by Gasteiger charge is -2.33. The van der Waals surface area contributed by atoms with Gasteiger partial charge < -0.3 is 10.1 Å². The Kier molecular flexibility index (Phi) is 6.28. The van der Waals surface area contributed by atoms with Crippen LogP contribution in [0.4, 0.5) is 5.69 Å². The van der Waals surface area contributed by atoms with E-state index >= 15 is 0 Å². The number of benzene rings is 2. The number of ether oxygens (including phenoxy) is 1. The number of hydrogen-bond donors (Lipinski definition) is 2. The van der Waals surface area contributed by atoms with E-state index in [9.17, 15) is 18.5 Å². The van der Waals surface area contributed by atoms with Crippen LogP contribution in [0.2, 0.25) is 0 Å². The third-order valence-corrected chi connectivity index (χ3v) is 6.27.